The van der Waals surface area contributed by atoms with E-state index in [1.54, 1.807) is 0 Å². The number of nitrogens with zero attached hydrogens (tertiary/aromatic N) is 1. The van der Waals surface area contributed by atoms with Crippen molar-refractivity contribution in [3.05, 3.63) is 44.8 Å². The monoisotopic (exact) mass is 303 g/mol. The van der Waals surface area contributed by atoms with Gasteiger partial charge in [0.05, 0.1) is 12.1 Å². The predicted octanol–water partition coefficient (Wildman–Crippen LogP) is 2.67. The van der Waals surface area contributed by atoms with Gasteiger partial charge in [0.1, 0.15) is 10.7 Å². The second-order valence-corrected chi connectivity index (χ2v) is 6.24. The number of pyridine rings is 1. The van der Waals surface area contributed by atoms with Crippen LogP contribution in [0.4, 0.5) is 5.69 Å². The summed E-state index contributed by atoms with van der Waals surface area (Å²) in [6.45, 7) is 0. The number of carbonyl (C=O) groups is 1. The van der Waals surface area contributed by atoms with Gasteiger partial charge >= 0.3 is 0 Å². The first-order valence-corrected chi connectivity index (χ1v) is 8.01. The van der Waals surface area contributed by atoms with Gasteiger partial charge in [0.15, 0.2) is 0 Å². The van der Waals surface area contributed by atoms with Crippen LogP contribution in [0.5, 0.6) is 0 Å². The minimum absolute atomic E-state index is 0.201. The highest BCUT2D eigenvalue weighted by Crippen LogP contribution is 2.34. The van der Waals surface area contributed by atoms with Crippen LogP contribution < -0.4 is 10.7 Å². The second-order valence-electron chi connectivity index (χ2n) is 5.29. The fourth-order valence-corrected chi connectivity index (χ4v) is 3.54. The highest BCUT2D eigenvalue weighted by atomic mass is 32.1. The number of thiazole rings is 1. The molecule has 1 aliphatic rings. The molecule has 21 heavy (non-hydrogen) atoms. The first kappa shape index (κ1) is 14.0. The van der Waals surface area contributed by atoms with Gasteiger partial charge in [0, 0.05) is 29.8 Å². The van der Waals surface area contributed by atoms with Gasteiger partial charge in [-0.1, -0.05) is 12.8 Å². The molecular weight excluding hydrogens is 286 g/mol. The molecule has 2 N–H and O–H groups in total. The molecule has 0 aliphatic heterocycles. The molecule has 6 heteroatoms. The lowest BCUT2D eigenvalue weighted by Gasteiger charge is -2.04. The molecule has 1 fully saturated rings. The fraction of sp³-hybridized carbons (Fsp3) is 0.400. The van der Waals surface area contributed by atoms with Crippen LogP contribution in [0.25, 0.3) is 0 Å². The molecule has 2 aromatic rings. The van der Waals surface area contributed by atoms with Crippen molar-refractivity contribution in [2.24, 2.45) is 0 Å². The molecule has 0 saturated heterocycles. The number of hydrogen-bond donors (Lipinski definition) is 2. The first-order valence-electron chi connectivity index (χ1n) is 7.13. The Balaban J connectivity index is 1.62. The summed E-state index contributed by atoms with van der Waals surface area (Å²) in [6, 6.07) is 1.39. The van der Waals surface area contributed by atoms with Gasteiger partial charge in [-0.15, -0.1) is 11.3 Å². The van der Waals surface area contributed by atoms with Gasteiger partial charge in [-0.05, 0) is 12.8 Å². The van der Waals surface area contributed by atoms with Crippen molar-refractivity contribution in [2.45, 2.75) is 38.0 Å². The Kier molecular flexibility index (Phi) is 4.15. The summed E-state index contributed by atoms with van der Waals surface area (Å²) >= 11 is 1.52. The number of aromatic amines is 1. The maximum absolute atomic E-state index is 12.0. The molecule has 0 aromatic carbocycles. The Morgan fingerprint density at radius 2 is 2.24 bits per heavy atom. The minimum Gasteiger partial charge on any atom is -0.366 e. The van der Waals surface area contributed by atoms with E-state index in [0.29, 0.717) is 5.92 Å². The van der Waals surface area contributed by atoms with Crippen molar-refractivity contribution in [1.29, 1.82) is 0 Å². The average Bonchev–Trinajstić information content (AvgIpc) is 3.12. The molecule has 110 valence electrons. The van der Waals surface area contributed by atoms with E-state index in [1.807, 2.05) is 0 Å². The van der Waals surface area contributed by atoms with E-state index in [-0.39, 0.29) is 23.4 Å². The number of nitrogens with one attached hydrogen (secondary N) is 2. The number of amides is 1. The highest BCUT2D eigenvalue weighted by molar-refractivity contribution is 7.09. The largest absolute Gasteiger partial charge is 0.366 e. The lowest BCUT2D eigenvalue weighted by Crippen LogP contribution is -2.19. The number of rotatable bonds is 4. The Bertz CT molecular complexity index is 686. The van der Waals surface area contributed by atoms with Crippen molar-refractivity contribution in [3.63, 3.8) is 0 Å². The van der Waals surface area contributed by atoms with E-state index in [0.717, 1.165) is 10.7 Å². The van der Waals surface area contributed by atoms with E-state index >= 15 is 0 Å². The normalized spacial score (nSPS) is 15.2. The Morgan fingerprint density at radius 3 is 3.00 bits per heavy atom. The summed E-state index contributed by atoms with van der Waals surface area (Å²) in [5, 5.41) is 5.49. The van der Waals surface area contributed by atoms with Crippen LogP contribution in [0, 0.1) is 0 Å². The zero-order valence-corrected chi connectivity index (χ0v) is 12.4. The van der Waals surface area contributed by atoms with Crippen molar-refractivity contribution < 1.29 is 4.79 Å². The smallest absolute Gasteiger partial charge is 0.231 e. The summed E-state index contributed by atoms with van der Waals surface area (Å²) < 4.78 is 0. The molecule has 2 aromatic heterocycles. The zero-order chi connectivity index (χ0) is 14.7. The second kappa shape index (κ2) is 6.22. The molecule has 5 nitrogen and oxygen atoms in total. The molecule has 3 rings (SSSR count). The van der Waals surface area contributed by atoms with E-state index in [9.17, 15) is 9.59 Å². The Labute approximate surface area is 126 Å². The van der Waals surface area contributed by atoms with Crippen LogP contribution in [0.15, 0.2) is 28.6 Å². The summed E-state index contributed by atoms with van der Waals surface area (Å²) in [7, 11) is 0. The molecule has 0 spiro atoms. The zero-order valence-electron chi connectivity index (χ0n) is 11.6. The van der Waals surface area contributed by atoms with E-state index < -0.39 is 0 Å². The lowest BCUT2D eigenvalue weighted by molar-refractivity contribution is -0.115. The Hall–Kier alpha value is -1.95. The van der Waals surface area contributed by atoms with Gasteiger partial charge in [-0.25, -0.2) is 4.98 Å². The predicted molar refractivity (Wildman–Crippen MR) is 82.7 cm³/mol. The van der Waals surface area contributed by atoms with E-state index in [2.05, 4.69) is 20.7 Å². The molecule has 0 unspecified atom stereocenters. The SMILES string of the molecule is O=C(Cc1nc(C2CCCC2)cs1)Nc1c[nH]ccc1=O. The van der Waals surface area contributed by atoms with Crippen molar-refractivity contribution in [2.75, 3.05) is 5.32 Å². The van der Waals surface area contributed by atoms with Gasteiger partial charge in [-0.3, -0.25) is 9.59 Å². The average molecular weight is 303 g/mol. The van der Waals surface area contributed by atoms with Crippen LogP contribution in [0.3, 0.4) is 0 Å². The van der Waals surface area contributed by atoms with Crippen molar-refractivity contribution in [3.8, 4) is 0 Å². The van der Waals surface area contributed by atoms with Crippen molar-refractivity contribution >= 4 is 22.9 Å². The summed E-state index contributed by atoms with van der Waals surface area (Å²) in [6.07, 6.45) is 8.19. The molecule has 1 aliphatic carbocycles. The molecule has 0 atom stereocenters. The van der Waals surface area contributed by atoms with Crippen LogP contribution in [0.2, 0.25) is 0 Å². The van der Waals surface area contributed by atoms with Crippen molar-refractivity contribution in [1.82, 2.24) is 9.97 Å². The van der Waals surface area contributed by atoms with Crippen LogP contribution >= 0.6 is 11.3 Å². The van der Waals surface area contributed by atoms with Crippen LogP contribution in [0.1, 0.15) is 42.3 Å². The van der Waals surface area contributed by atoms with Crippen LogP contribution in [-0.4, -0.2) is 15.9 Å². The molecular formula is C15H17N3O2S. The number of hydrogen-bond acceptors (Lipinski definition) is 4. The maximum Gasteiger partial charge on any atom is 0.231 e. The maximum atomic E-state index is 12.0. The molecule has 2 heterocycles. The van der Waals surface area contributed by atoms with E-state index in [1.165, 1.54) is 55.5 Å². The first-order chi connectivity index (χ1) is 10.2. The third kappa shape index (κ3) is 3.39. The molecule has 1 saturated carbocycles. The molecule has 0 bridgehead atoms. The van der Waals surface area contributed by atoms with Gasteiger partial charge < -0.3 is 10.3 Å². The van der Waals surface area contributed by atoms with E-state index in [4.69, 9.17) is 0 Å². The highest BCUT2D eigenvalue weighted by Gasteiger charge is 2.20. The lowest BCUT2D eigenvalue weighted by atomic mass is 10.1. The third-order valence-corrected chi connectivity index (χ3v) is 4.62. The van der Waals surface area contributed by atoms with Crippen LogP contribution in [-0.2, 0) is 11.2 Å². The quantitative estimate of drug-likeness (QED) is 0.912. The summed E-state index contributed by atoms with van der Waals surface area (Å²) in [5.41, 5.74) is 1.20. The topological polar surface area (TPSA) is 74.8 Å². The van der Waals surface area contributed by atoms with Gasteiger partial charge in [0.2, 0.25) is 11.3 Å². The summed E-state index contributed by atoms with van der Waals surface area (Å²) in [5.74, 6) is 0.356. The summed E-state index contributed by atoms with van der Waals surface area (Å²) in [4.78, 5) is 30.9. The number of carbonyl (C=O) groups excluding carboxylic acids is 1. The third-order valence-electron chi connectivity index (χ3n) is 3.75. The van der Waals surface area contributed by atoms with Gasteiger partial charge in [0.25, 0.3) is 0 Å². The fourth-order valence-electron chi connectivity index (χ4n) is 2.66. The minimum atomic E-state index is -0.209. The number of H-pyrrole nitrogens is 1. The van der Waals surface area contributed by atoms with Gasteiger partial charge in [-0.2, -0.15) is 0 Å². The standard InChI is InChI=1S/C15H17N3O2S/c19-13-5-6-16-8-11(13)17-14(20)7-15-18-12(9-21-15)10-3-1-2-4-10/h5-6,8-10H,1-4,7H2,(H,16,19)(H,17,20). The molecule has 0 radical (unpaired) electrons. The number of anilines is 1. The number of aromatic nitrogens is 2. The Morgan fingerprint density at radius 1 is 1.43 bits per heavy atom. The molecule has 1 amide bonds.